The van der Waals surface area contributed by atoms with Crippen molar-refractivity contribution in [3.8, 4) is 0 Å². The summed E-state index contributed by atoms with van der Waals surface area (Å²) in [7, 11) is 0. The molecule has 0 atom stereocenters. The lowest BCUT2D eigenvalue weighted by Gasteiger charge is -2.11. The molecule has 0 saturated heterocycles. The Balaban J connectivity index is 1.99. The number of aryl methyl sites for hydroxylation is 1. The molecule has 0 fully saturated rings. The van der Waals surface area contributed by atoms with Gasteiger partial charge < -0.3 is 11.1 Å². The Hall–Kier alpha value is -1.55. The average molecular weight is 306 g/mol. The molecule has 18 heavy (non-hydrogen) atoms. The monoisotopic (exact) mass is 305 g/mol. The molecule has 0 saturated carbocycles. The van der Waals surface area contributed by atoms with E-state index in [-0.39, 0.29) is 0 Å². The van der Waals surface area contributed by atoms with Gasteiger partial charge in [0.1, 0.15) is 0 Å². The molecule has 0 bridgehead atoms. The third-order valence-electron chi connectivity index (χ3n) is 2.89. The summed E-state index contributed by atoms with van der Waals surface area (Å²) < 4.78 is 0.896. The van der Waals surface area contributed by atoms with E-state index in [1.165, 1.54) is 11.1 Å². The maximum absolute atomic E-state index is 5.88. The van der Waals surface area contributed by atoms with Gasteiger partial charge in [-0.15, -0.1) is 0 Å². The number of halogens is 1. The Kier molecular flexibility index (Phi) is 4.20. The number of nitrogens with zero attached hydrogens (tertiary/aromatic N) is 1. The minimum Gasteiger partial charge on any atom is -0.396 e. The third kappa shape index (κ3) is 3.01. The number of nitrogens with one attached hydrogen (secondary N) is 1. The second-order valence-electron chi connectivity index (χ2n) is 4.19. The number of aromatic nitrogens is 1. The van der Waals surface area contributed by atoms with E-state index in [1.807, 2.05) is 0 Å². The van der Waals surface area contributed by atoms with Crippen molar-refractivity contribution in [1.82, 2.24) is 4.98 Å². The van der Waals surface area contributed by atoms with Crippen LogP contribution in [0.4, 0.5) is 11.4 Å². The van der Waals surface area contributed by atoms with Gasteiger partial charge in [-0.3, -0.25) is 4.98 Å². The largest absolute Gasteiger partial charge is 0.396 e. The highest BCUT2D eigenvalue weighted by atomic mass is 79.9. The number of benzene rings is 1. The van der Waals surface area contributed by atoms with Crippen molar-refractivity contribution in [1.29, 1.82) is 0 Å². The van der Waals surface area contributed by atoms with E-state index >= 15 is 0 Å². The van der Waals surface area contributed by atoms with Gasteiger partial charge in [-0.25, -0.2) is 0 Å². The number of anilines is 2. The molecule has 4 heteroatoms. The standard InChI is InChI=1S/C14H16BrN3/c1-10-4-2-3-5-11(10)6-7-18-14-12(15)8-17-9-13(14)16/h2-5,8-9H,6-7,16H2,1H3,(H,17,18). The van der Waals surface area contributed by atoms with Gasteiger partial charge in [0.2, 0.25) is 0 Å². The Morgan fingerprint density at radius 2 is 2.06 bits per heavy atom. The molecule has 3 nitrogen and oxygen atoms in total. The fourth-order valence-corrected chi connectivity index (χ4v) is 2.34. The van der Waals surface area contributed by atoms with E-state index in [4.69, 9.17) is 5.73 Å². The van der Waals surface area contributed by atoms with Gasteiger partial charge in [0.25, 0.3) is 0 Å². The third-order valence-corrected chi connectivity index (χ3v) is 3.49. The van der Waals surface area contributed by atoms with E-state index in [2.05, 4.69) is 57.4 Å². The van der Waals surface area contributed by atoms with Crippen molar-refractivity contribution in [2.24, 2.45) is 0 Å². The van der Waals surface area contributed by atoms with Gasteiger partial charge in [-0.05, 0) is 40.4 Å². The summed E-state index contributed by atoms with van der Waals surface area (Å²) in [6.07, 6.45) is 4.37. The summed E-state index contributed by atoms with van der Waals surface area (Å²) in [5.41, 5.74) is 10.1. The zero-order chi connectivity index (χ0) is 13.0. The molecule has 2 aromatic rings. The molecule has 0 aliphatic carbocycles. The van der Waals surface area contributed by atoms with Crippen LogP contribution in [0.3, 0.4) is 0 Å². The normalized spacial score (nSPS) is 10.3. The summed E-state index contributed by atoms with van der Waals surface area (Å²) in [4.78, 5) is 4.01. The van der Waals surface area contributed by atoms with E-state index < -0.39 is 0 Å². The lowest BCUT2D eigenvalue weighted by atomic mass is 10.1. The van der Waals surface area contributed by atoms with E-state index in [1.54, 1.807) is 12.4 Å². The Morgan fingerprint density at radius 3 is 2.78 bits per heavy atom. The van der Waals surface area contributed by atoms with Crippen molar-refractivity contribution in [3.05, 3.63) is 52.3 Å². The van der Waals surface area contributed by atoms with E-state index in [0.717, 1.165) is 23.1 Å². The predicted molar refractivity (Wildman–Crippen MR) is 79.7 cm³/mol. The number of nitrogens with two attached hydrogens (primary N) is 1. The second-order valence-corrected chi connectivity index (χ2v) is 5.04. The topological polar surface area (TPSA) is 50.9 Å². The molecule has 0 aliphatic rings. The van der Waals surface area contributed by atoms with Gasteiger partial charge >= 0.3 is 0 Å². The highest BCUT2D eigenvalue weighted by molar-refractivity contribution is 9.10. The van der Waals surface area contributed by atoms with Crippen molar-refractivity contribution in [2.45, 2.75) is 13.3 Å². The molecule has 94 valence electrons. The van der Waals surface area contributed by atoms with Gasteiger partial charge in [-0.2, -0.15) is 0 Å². The van der Waals surface area contributed by atoms with Crippen LogP contribution in [0, 0.1) is 6.92 Å². The molecule has 1 aromatic carbocycles. The van der Waals surface area contributed by atoms with Gasteiger partial charge in [0.15, 0.2) is 0 Å². The lowest BCUT2D eigenvalue weighted by molar-refractivity contribution is 1.00. The molecule has 3 N–H and O–H groups in total. The number of hydrogen-bond donors (Lipinski definition) is 2. The highest BCUT2D eigenvalue weighted by Crippen LogP contribution is 2.26. The molecular weight excluding hydrogens is 290 g/mol. The number of nitrogen functional groups attached to an aromatic ring is 1. The van der Waals surface area contributed by atoms with Crippen molar-refractivity contribution in [2.75, 3.05) is 17.6 Å². The van der Waals surface area contributed by atoms with Crippen molar-refractivity contribution < 1.29 is 0 Å². The Bertz CT molecular complexity index is 520. The predicted octanol–water partition coefficient (Wildman–Crippen LogP) is 3.39. The maximum Gasteiger partial charge on any atom is 0.0750 e. The van der Waals surface area contributed by atoms with Crippen LogP contribution >= 0.6 is 15.9 Å². The van der Waals surface area contributed by atoms with E-state index in [9.17, 15) is 0 Å². The van der Waals surface area contributed by atoms with Crippen LogP contribution in [-0.2, 0) is 6.42 Å². The number of pyridine rings is 1. The zero-order valence-corrected chi connectivity index (χ0v) is 11.9. The van der Waals surface area contributed by atoms with Gasteiger partial charge in [0, 0.05) is 12.7 Å². The van der Waals surface area contributed by atoms with Crippen LogP contribution in [0.2, 0.25) is 0 Å². The molecule has 0 aliphatic heterocycles. The van der Waals surface area contributed by atoms with Crippen molar-refractivity contribution >= 4 is 27.3 Å². The zero-order valence-electron chi connectivity index (χ0n) is 10.3. The van der Waals surface area contributed by atoms with Crippen LogP contribution in [0.25, 0.3) is 0 Å². The van der Waals surface area contributed by atoms with Crippen LogP contribution in [0.15, 0.2) is 41.1 Å². The summed E-state index contributed by atoms with van der Waals surface area (Å²) in [5, 5.41) is 3.35. The van der Waals surface area contributed by atoms with Gasteiger partial charge in [-0.1, -0.05) is 24.3 Å². The molecule has 2 rings (SSSR count). The summed E-state index contributed by atoms with van der Waals surface area (Å²) in [6, 6.07) is 8.41. The maximum atomic E-state index is 5.88. The summed E-state index contributed by atoms with van der Waals surface area (Å²) in [6.45, 7) is 2.98. The quantitative estimate of drug-likeness (QED) is 0.910. The minimum atomic E-state index is 0.661. The second kappa shape index (κ2) is 5.87. The van der Waals surface area contributed by atoms with Crippen LogP contribution in [0.5, 0.6) is 0 Å². The highest BCUT2D eigenvalue weighted by Gasteiger charge is 2.04. The molecular formula is C14H16BrN3. The Labute approximate surface area is 116 Å². The first-order valence-electron chi connectivity index (χ1n) is 5.86. The summed E-state index contributed by atoms with van der Waals surface area (Å²) >= 11 is 3.44. The first-order chi connectivity index (χ1) is 8.68. The molecule has 0 spiro atoms. The van der Waals surface area contributed by atoms with Crippen molar-refractivity contribution in [3.63, 3.8) is 0 Å². The fourth-order valence-electron chi connectivity index (χ4n) is 1.85. The smallest absolute Gasteiger partial charge is 0.0750 e. The Morgan fingerprint density at radius 1 is 1.28 bits per heavy atom. The van der Waals surface area contributed by atoms with Crippen LogP contribution in [0.1, 0.15) is 11.1 Å². The fraction of sp³-hybridized carbons (Fsp3) is 0.214. The van der Waals surface area contributed by atoms with Gasteiger partial charge in [0.05, 0.1) is 22.0 Å². The van der Waals surface area contributed by atoms with E-state index in [0.29, 0.717) is 5.69 Å². The number of hydrogen-bond acceptors (Lipinski definition) is 3. The first kappa shape index (κ1) is 12.9. The lowest BCUT2D eigenvalue weighted by Crippen LogP contribution is -2.08. The molecule has 0 amide bonds. The first-order valence-corrected chi connectivity index (χ1v) is 6.65. The van der Waals surface area contributed by atoms with Crippen LogP contribution in [-0.4, -0.2) is 11.5 Å². The molecule has 1 heterocycles. The average Bonchev–Trinajstić information content (AvgIpc) is 2.35. The molecule has 1 aromatic heterocycles. The molecule has 0 radical (unpaired) electrons. The number of rotatable bonds is 4. The molecule has 0 unspecified atom stereocenters. The SMILES string of the molecule is Cc1ccccc1CCNc1c(N)cncc1Br. The minimum absolute atomic E-state index is 0.661. The van der Waals surface area contributed by atoms with Crippen LogP contribution < -0.4 is 11.1 Å². The summed E-state index contributed by atoms with van der Waals surface area (Å²) in [5.74, 6) is 0.